The Kier molecular flexibility index (Phi) is 5.31. The first kappa shape index (κ1) is 14.5. The molecule has 2 N–H and O–H groups in total. The largest absolute Gasteiger partial charge is 0.325 e. The molecule has 0 saturated heterocycles. The van der Waals surface area contributed by atoms with Gasteiger partial charge < -0.3 is 9.79 Å². The lowest BCUT2D eigenvalue weighted by Crippen LogP contribution is -2.25. The second-order valence-corrected chi connectivity index (χ2v) is 5.97. The Morgan fingerprint density at radius 1 is 1.60 bits per heavy atom. The van der Waals surface area contributed by atoms with Crippen molar-refractivity contribution in [3.05, 3.63) is 12.7 Å². The summed E-state index contributed by atoms with van der Waals surface area (Å²) in [6.45, 7) is 7.25. The van der Waals surface area contributed by atoms with Gasteiger partial charge in [0.1, 0.15) is 0 Å². The van der Waals surface area contributed by atoms with Gasteiger partial charge in [0.25, 0.3) is 0 Å². The molecule has 0 amide bonds. The molecule has 0 aliphatic heterocycles. The molecule has 0 aliphatic rings. The zero-order chi connectivity index (χ0) is 12.1. The molecule has 0 bridgehead atoms. The quantitative estimate of drug-likeness (QED) is 0.418. The number of terminal acetylenes is 1. The Balaban J connectivity index is 4.67. The summed E-state index contributed by atoms with van der Waals surface area (Å²) >= 11 is 0. The molecule has 0 heterocycles. The van der Waals surface area contributed by atoms with Crippen LogP contribution in [0.4, 0.5) is 0 Å². The molecule has 0 aliphatic carbocycles. The molecule has 86 valence electrons. The van der Waals surface area contributed by atoms with Crippen LogP contribution in [-0.2, 0) is 4.57 Å². The average Bonchev–Trinajstić information content (AvgIpc) is 2.10. The highest BCUT2D eigenvalue weighted by molar-refractivity contribution is 7.51. The van der Waals surface area contributed by atoms with E-state index in [9.17, 15) is 4.57 Å². The van der Waals surface area contributed by atoms with E-state index in [-0.39, 0.29) is 12.1 Å². The summed E-state index contributed by atoms with van der Waals surface area (Å²) in [6, 6.07) is 0. The molecular formula is C11H19O3P. The second kappa shape index (κ2) is 5.51. The molecule has 0 aromatic carbocycles. The zero-order valence-corrected chi connectivity index (χ0v) is 10.2. The minimum atomic E-state index is -4.00. The number of hydrogen-bond donors (Lipinski definition) is 2. The molecule has 15 heavy (non-hydrogen) atoms. The van der Waals surface area contributed by atoms with Crippen LogP contribution in [0.15, 0.2) is 12.7 Å². The first-order valence-corrected chi connectivity index (χ1v) is 6.66. The van der Waals surface area contributed by atoms with E-state index in [1.165, 1.54) is 0 Å². The molecule has 0 aromatic heterocycles. The van der Waals surface area contributed by atoms with Gasteiger partial charge in [0, 0.05) is 5.41 Å². The van der Waals surface area contributed by atoms with Crippen LogP contribution < -0.4 is 0 Å². The third-order valence-corrected chi connectivity index (χ3v) is 3.49. The van der Waals surface area contributed by atoms with Gasteiger partial charge in [-0.1, -0.05) is 6.08 Å². The minimum Gasteiger partial charge on any atom is -0.324 e. The summed E-state index contributed by atoms with van der Waals surface area (Å²) in [7, 11) is -4.00. The normalized spacial score (nSPS) is 14.3. The van der Waals surface area contributed by atoms with E-state index < -0.39 is 13.0 Å². The highest BCUT2D eigenvalue weighted by atomic mass is 31.2. The summed E-state index contributed by atoms with van der Waals surface area (Å²) in [5, 5.41) is 0. The van der Waals surface area contributed by atoms with Gasteiger partial charge in [-0.25, -0.2) is 0 Å². The fourth-order valence-electron chi connectivity index (χ4n) is 1.40. The fourth-order valence-corrected chi connectivity index (χ4v) is 2.62. The fraction of sp³-hybridized carbons (Fsp3) is 0.636. The van der Waals surface area contributed by atoms with Crippen LogP contribution in [0, 0.1) is 23.7 Å². The minimum absolute atomic E-state index is 0.155. The molecular weight excluding hydrogens is 211 g/mol. The predicted octanol–water partition coefficient (Wildman–Crippen LogP) is 2.41. The zero-order valence-electron chi connectivity index (χ0n) is 9.31. The molecule has 0 spiro atoms. The second-order valence-electron chi connectivity index (χ2n) is 4.28. The average molecular weight is 230 g/mol. The van der Waals surface area contributed by atoms with E-state index in [1.807, 2.05) is 13.8 Å². The highest BCUT2D eigenvalue weighted by Gasteiger charge is 2.32. The maximum atomic E-state index is 11.0. The van der Waals surface area contributed by atoms with Crippen LogP contribution in [0.2, 0.25) is 0 Å². The summed E-state index contributed by atoms with van der Waals surface area (Å²) < 4.78 is 11.0. The molecule has 1 atom stereocenters. The van der Waals surface area contributed by atoms with Crippen LogP contribution in [0.25, 0.3) is 0 Å². The number of allylic oxidation sites excluding steroid dienone is 1. The lowest BCUT2D eigenvalue weighted by molar-refractivity contribution is 0.282. The first-order chi connectivity index (χ1) is 6.73. The summed E-state index contributed by atoms with van der Waals surface area (Å²) in [5.74, 6) is 2.42. The van der Waals surface area contributed by atoms with Crippen molar-refractivity contribution in [1.82, 2.24) is 0 Å². The Morgan fingerprint density at radius 2 is 2.13 bits per heavy atom. The van der Waals surface area contributed by atoms with Gasteiger partial charge in [-0.2, -0.15) is 0 Å². The Hall–Kier alpha value is -0.550. The van der Waals surface area contributed by atoms with Crippen LogP contribution in [-0.4, -0.2) is 15.9 Å². The monoisotopic (exact) mass is 230 g/mol. The van der Waals surface area contributed by atoms with Crippen molar-refractivity contribution in [3.8, 4) is 12.3 Å². The number of rotatable bonds is 6. The molecule has 0 fully saturated rings. The Labute approximate surface area is 91.7 Å². The predicted molar refractivity (Wildman–Crippen MR) is 62.4 cm³/mol. The van der Waals surface area contributed by atoms with Crippen LogP contribution >= 0.6 is 7.60 Å². The van der Waals surface area contributed by atoms with Gasteiger partial charge in [-0.15, -0.1) is 18.9 Å². The van der Waals surface area contributed by atoms with Crippen molar-refractivity contribution >= 4 is 7.60 Å². The molecule has 3 nitrogen and oxygen atoms in total. The SMILES string of the molecule is C#CC(C)(C)C(CCC=C)CP(=O)(O)O. The van der Waals surface area contributed by atoms with Gasteiger partial charge in [0.05, 0.1) is 6.16 Å². The van der Waals surface area contributed by atoms with Gasteiger partial charge >= 0.3 is 7.60 Å². The number of hydrogen-bond acceptors (Lipinski definition) is 1. The molecule has 0 rings (SSSR count). The summed E-state index contributed by atoms with van der Waals surface area (Å²) in [4.78, 5) is 17.9. The molecule has 4 heteroatoms. The first-order valence-electron chi connectivity index (χ1n) is 4.86. The molecule has 1 unspecified atom stereocenters. The van der Waals surface area contributed by atoms with Crippen molar-refractivity contribution in [2.45, 2.75) is 26.7 Å². The Morgan fingerprint density at radius 3 is 2.47 bits per heavy atom. The maximum absolute atomic E-state index is 11.0. The molecule has 0 radical (unpaired) electrons. The molecule has 0 saturated carbocycles. The van der Waals surface area contributed by atoms with Gasteiger partial charge in [-0.05, 0) is 32.6 Å². The van der Waals surface area contributed by atoms with Crippen LogP contribution in [0.5, 0.6) is 0 Å². The third-order valence-electron chi connectivity index (χ3n) is 2.57. The third kappa shape index (κ3) is 5.79. The lowest BCUT2D eigenvalue weighted by Gasteiger charge is -2.29. The van der Waals surface area contributed by atoms with E-state index in [2.05, 4.69) is 12.5 Å². The van der Waals surface area contributed by atoms with Crippen LogP contribution in [0.3, 0.4) is 0 Å². The van der Waals surface area contributed by atoms with Crippen molar-refractivity contribution in [2.24, 2.45) is 11.3 Å². The smallest absolute Gasteiger partial charge is 0.324 e. The van der Waals surface area contributed by atoms with E-state index in [4.69, 9.17) is 16.2 Å². The van der Waals surface area contributed by atoms with Crippen LogP contribution in [0.1, 0.15) is 26.7 Å². The van der Waals surface area contributed by atoms with E-state index in [0.29, 0.717) is 6.42 Å². The van der Waals surface area contributed by atoms with E-state index >= 15 is 0 Å². The standard InChI is InChI=1S/C11H19O3P/c1-5-7-8-10(9-15(12,13)14)11(3,4)6-2/h2,5,10H,1,7-9H2,3-4H3,(H2,12,13,14). The van der Waals surface area contributed by atoms with Crippen molar-refractivity contribution in [2.75, 3.05) is 6.16 Å². The lowest BCUT2D eigenvalue weighted by atomic mass is 9.78. The topological polar surface area (TPSA) is 57.5 Å². The van der Waals surface area contributed by atoms with Crippen molar-refractivity contribution in [3.63, 3.8) is 0 Å². The van der Waals surface area contributed by atoms with Crippen molar-refractivity contribution in [1.29, 1.82) is 0 Å². The highest BCUT2D eigenvalue weighted by Crippen LogP contribution is 2.43. The maximum Gasteiger partial charge on any atom is 0.325 e. The van der Waals surface area contributed by atoms with Gasteiger partial charge in [-0.3, -0.25) is 4.57 Å². The van der Waals surface area contributed by atoms with Gasteiger partial charge in [0.2, 0.25) is 0 Å². The van der Waals surface area contributed by atoms with E-state index in [0.717, 1.165) is 6.42 Å². The Bertz CT molecular complexity index is 295. The van der Waals surface area contributed by atoms with E-state index in [1.54, 1.807) is 6.08 Å². The van der Waals surface area contributed by atoms with Gasteiger partial charge in [0.15, 0.2) is 0 Å². The summed E-state index contributed by atoms with van der Waals surface area (Å²) in [5.41, 5.74) is -0.496. The van der Waals surface area contributed by atoms with Crippen molar-refractivity contribution < 1.29 is 14.4 Å². The molecule has 0 aromatic rings. The summed E-state index contributed by atoms with van der Waals surface area (Å²) in [6.07, 6.45) is 8.33.